The van der Waals surface area contributed by atoms with Gasteiger partial charge in [-0.05, 0) is 50.2 Å². The third-order valence-corrected chi connectivity index (χ3v) is 6.56. The first-order valence-corrected chi connectivity index (χ1v) is 11.8. The van der Waals surface area contributed by atoms with Crippen molar-refractivity contribution in [2.75, 3.05) is 31.2 Å². The van der Waals surface area contributed by atoms with Gasteiger partial charge in [-0.3, -0.25) is 4.98 Å². The summed E-state index contributed by atoms with van der Waals surface area (Å²) in [7, 11) is 0. The second-order valence-corrected chi connectivity index (χ2v) is 8.75. The van der Waals surface area contributed by atoms with Gasteiger partial charge in [0.25, 0.3) is 0 Å². The summed E-state index contributed by atoms with van der Waals surface area (Å²) in [6, 6.07) is 6.31. The Kier molecular flexibility index (Phi) is 6.44. The van der Waals surface area contributed by atoms with E-state index >= 15 is 0 Å². The second-order valence-electron chi connectivity index (χ2n) is 8.75. The van der Waals surface area contributed by atoms with Crippen molar-refractivity contribution in [3.63, 3.8) is 0 Å². The Bertz CT molecular complexity index is 1050. The summed E-state index contributed by atoms with van der Waals surface area (Å²) >= 11 is 0. The van der Waals surface area contributed by atoms with Gasteiger partial charge in [-0.15, -0.1) is 0 Å². The lowest BCUT2D eigenvalue weighted by molar-refractivity contribution is 0.122. The normalized spacial score (nSPS) is 21.6. The van der Waals surface area contributed by atoms with Gasteiger partial charge in [-0.2, -0.15) is 0 Å². The molecule has 2 aliphatic rings. The van der Waals surface area contributed by atoms with Gasteiger partial charge >= 0.3 is 0 Å². The van der Waals surface area contributed by atoms with Gasteiger partial charge in [-0.25, -0.2) is 15.0 Å². The molecule has 0 N–H and O–H groups in total. The zero-order valence-corrected chi connectivity index (χ0v) is 18.7. The molecule has 7 heteroatoms. The molecule has 5 rings (SSSR count). The Hall–Kier alpha value is -2.80. The number of anilines is 1. The van der Waals surface area contributed by atoms with Crippen LogP contribution in [0.3, 0.4) is 0 Å². The van der Waals surface area contributed by atoms with Crippen molar-refractivity contribution in [1.82, 2.24) is 19.9 Å². The Balaban J connectivity index is 1.26. The van der Waals surface area contributed by atoms with Crippen molar-refractivity contribution in [2.45, 2.75) is 51.6 Å². The molecule has 0 spiro atoms. The van der Waals surface area contributed by atoms with E-state index in [1.54, 1.807) is 12.4 Å². The lowest BCUT2D eigenvalue weighted by Crippen LogP contribution is -2.36. The van der Waals surface area contributed by atoms with E-state index in [0.717, 1.165) is 93.1 Å². The molecule has 0 amide bonds. The molecule has 32 heavy (non-hydrogen) atoms. The fourth-order valence-corrected chi connectivity index (χ4v) is 4.78. The van der Waals surface area contributed by atoms with E-state index in [4.69, 9.17) is 9.47 Å². The number of hydrogen-bond donors (Lipinski definition) is 0. The average molecular weight is 434 g/mol. The third kappa shape index (κ3) is 4.83. The maximum atomic E-state index is 6.55. The first kappa shape index (κ1) is 21.1. The topological polar surface area (TPSA) is 73.3 Å². The monoisotopic (exact) mass is 433 g/mol. The van der Waals surface area contributed by atoms with Crippen molar-refractivity contribution >= 4 is 16.7 Å². The molecule has 1 aliphatic carbocycles. The van der Waals surface area contributed by atoms with E-state index in [2.05, 4.69) is 50.0 Å². The van der Waals surface area contributed by atoms with Crippen molar-refractivity contribution < 1.29 is 9.47 Å². The quantitative estimate of drug-likeness (QED) is 0.582. The molecule has 7 nitrogen and oxygen atoms in total. The van der Waals surface area contributed by atoms with Gasteiger partial charge in [0.2, 0.25) is 0 Å². The van der Waals surface area contributed by atoms with Crippen molar-refractivity contribution in [3.8, 4) is 5.75 Å². The number of hydrogen-bond acceptors (Lipinski definition) is 7. The Morgan fingerprint density at radius 3 is 2.62 bits per heavy atom. The van der Waals surface area contributed by atoms with Crippen molar-refractivity contribution in [2.24, 2.45) is 5.92 Å². The van der Waals surface area contributed by atoms with Crippen LogP contribution in [-0.4, -0.2) is 52.3 Å². The largest absolute Gasteiger partial charge is 0.488 e. The van der Waals surface area contributed by atoms with Gasteiger partial charge in [0.1, 0.15) is 17.1 Å². The predicted molar refractivity (Wildman–Crippen MR) is 124 cm³/mol. The molecule has 3 heterocycles. The Morgan fingerprint density at radius 1 is 1.00 bits per heavy atom. The Morgan fingerprint density at radius 2 is 1.81 bits per heavy atom. The zero-order valence-electron chi connectivity index (χ0n) is 18.7. The van der Waals surface area contributed by atoms with E-state index in [0.29, 0.717) is 5.92 Å². The van der Waals surface area contributed by atoms with Crippen LogP contribution in [-0.2, 0) is 17.6 Å². The van der Waals surface area contributed by atoms with E-state index < -0.39 is 0 Å². The summed E-state index contributed by atoms with van der Waals surface area (Å²) in [6.07, 6.45) is 11.9. The van der Waals surface area contributed by atoms with Crippen LogP contribution in [0.1, 0.15) is 44.1 Å². The molecule has 0 atom stereocenters. The molecular weight excluding hydrogens is 402 g/mol. The molecule has 0 radical (unpaired) electrons. The van der Waals surface area contributed by atoms with Crippen molar-refractivity contribution in [1.29, 1.82) is 0 Å². The molecule has 2 aromatic heterocycles. The van der Waals surface area contributed by atoms with Gasteiger partial charge in [0.05, 0.1) is 24.8 Å². The van der Waals surface area contributed by atoms with Gasteiger partial charge in [0.15, 0.2) is 0 Å². The summed E-state index contributed by atoms with van der Waals surface area (Å²) in [6.45, 7) is 5.39. The molecule has 0 unspecified atom stereocenters. The van der Waals surface area contributed by atoms with Crippen LogP contribution >= 0.6 is 0 Å². The number of ether oxygens (including phenoxy) is 2. The number of benzene rings is 1. The highest BCUT2D eigenvalue weighted by Gasteiger charge is 2.24. The highest BCUT2D eigenvalue weighted by atomic mass is 16.5. The second kappa shape index (κ2) is 9.77. The summed E-state index contributed by atoms with van der Waals surface area (Å²) in [5.74, 6) is 2.45. The van der Waals surface area contributed by atoms with E-state index in [1.165, 1.54) is 5.69 Å². The summed E-state index contributed by atoms with van der Waals surface area (Å²) in [5, 5.41) is 0. The van der Waals surface area contributed by atoms with Crippen molar-refractivity contribution in [3.05, 3.63) is 48.3 Å². The number of morpholine rings is 1. The highest BCUT2D eigenvalue weighted by Crippen LogP contribution is 2.34. The minimum Gasteiger partial charge on any atom is -0.488 e. The molecule has 2 fully saturated rings. The molecule has 3 aromatic rings. The minimum absolute atomic E-state index is 0.216. The molecule has 1 aliphatic heterocycles. The standard InChI is InChI=1S/C25H31N5O2/c1-2-24-27-8-7-19(29-24)15-18-3-5-21(6-4-18)32-23-17-20(30-11-13-31-14-12-30)16-22-25(23)28-10-9-26-22/h7-10,16-18,21H,2-6,11-15H2,1H3. The van der Waals surface area contributed by atoms with Crippen LogP contribution < -0.4 is 9.64 Å². The number of fused-ring (bicyclic) bond motifs is 1. The first-order valence-electron chi connectivity index (χ1n) is 11.8. The van der Waals surface area contributed by atoms with Crippen LogP contribution in [0.2, 0.25) is 0 Å². The van der Waals surface area contributed by atoms with E-state index in [9.17, 15) is 0 Å². The molecule has 1 saturated carbocycles. The lowest BCUT2D eigenvalue weighted by Gasteiger charge is -2.31. The summed E-state index contributed by atoms with van der Waals surface area (Å²) < 4.78 is 12.1. The number of aromatic nitrogens is 4. The fraction of sp³-hybridized carbons (Fsp3) is 0.520. The van der Waals surface area contributed by atoms with Crippen LogP contribution in [0.25, 0.3) is 11.0 Å². The van der Waals surface area contributed by atoms with Crippen LogP contribution in [0.5, 0.6) is 5.75 Å². The Labute approximate surface area is 189 Å². The molecule has 0 bridgehead atoms. The molecular formula is C25H31N5O2. The third-order valence-electron chi connectivity index (χ3n) is 6.56. The summed E-state index contributed by atoms with van der Waals surface area (Å²) in [5.41, 5.74) is 4.04. The molecule has 168 valence electrons. The van der Waals surface area contributed by atoms with Gasteiger partial charge < -0.3 is 14.4 Å². The van der Waals surface area contributed by atoms with Gasteiger partial charge in [0, 0.05) is 55.5 Å². The van der Waals surface area contributed by atoms with E-state index in [1.807, 2.05) is 6.20 Å². The van der Waals surface area contributed by atoms with Crippen LogP contribution in [0.15, 0.2) is 36.8 Å². The number of aryl methyl sites for hydroxylation is 1. The van der Waals surface area contributed by atoms with Crippen LogP contribution in [0.4, 0.5) is 5.69 Å². The lowest BCUT2D eigenvalue weighted by atomic mass is 9.84. The summed E-state index contributed by atoms with van der Waals surface area (Å²) in [4.78, 5) is 20.5. The maximum Gasteiger partial charge on any atom is 0.149 e. The zero-order chi connectivity index (χ0) is 21.8. The maximum absolute atomic E-state index is 6.55. The molecule has 1 saturated heterocycles. The first-order chi connectivity index (χ1) is 15.8. The van der Waals surface area contributed by atoms with Gasteiger partial charge in [-0.1, -0.05) is 6.92 Å². The van der Waals surface area contributed by atoms with E-state index in [-0.39, 0.29) is 6.10 Å². The smallest absolute Gasteiger partial charge is 0.149 e. The predicted octanol–water partition coefficient (Wildman–Crippen LogP) is 4.00. The average Bonchev–Trinajstić information content (AvgIpc) is 2.86. The minimum atomic E-state index is 0.216. The fourth-order valence-electron chi connectivity index (χ4n) is 4.78. The van der Waals surface area contributed by atoms with Crippen LogP contribution in [0, 0.1) is 5.92 Å². The molecule has 1 aromatic carbocycles. The highest BCUT2D eigenvalue weighted by molar-refractivity contribution is 5.85. The SMILES string of the molecule is CCc1nccc(CC2CCC(Oc3cc(N4CCOCC4)cc4nccnc34)CC2)n1. The number of rotatable bonds is 6. The number of nitrogens with zero attached hydrogens (tertiary/aromatic N) is 5.